The molecule has 0 aromatic rings. The Hall–Kier alpha value is -4.34. The van der Waals surface area contributed by atoms with Crippen molar-refractivity contribution in [1.29, 1.82) is 0 Å². The zero-order chi connectivity index (χ0) is 38.1. The molecule has 49 heavy (non-hydrogen) atoms. The topological polar surface area (TPSA) is 312 Å². The van der Waals surface area contributed by atoms with E-state index < -0.39 is 113 Å². The van der Waals surface area contributed by atoms with E-state index in [9.17, 15) is 63.6 Å². The molecule has 0 bridgehead atoms. The molecule has 21 heteroatoms. The predicted molar refractivity (Wildman–Crippen MR) is 148 cm³/mol. The van der Waals surface area contributed by atoms with Crippen molar-refractivity contribution in [3.8, 4) is 0 Å². The standard InChI is InChI=1S/C28H35NO20/c1-11(32)25(41)26(42,12(2)33)28(14(4)35,47-18(8)39)49-24(9-30,29-10-31)27(25,13(3)34)48-22-19(40)20(43-15(5)36)21(44-16(6)37)23(46-22)45-17(7)38/h19-23,30,40-42H,9H2,1-8H3/t19-,20+,21+,22+,23-,24-,25+,26+,27-,28-/m1/s1. The van der Waals surface area contributed by atoms with Crippen LogP contribution in [0.4, 0.5) is 0 Å². The maximum absolute atomic E-state index is 13.9. The van der Waals surface area contributed by atoms with E-state index in [1.807, 2.05) is 0 Å². The zero-order valence-electron chi connectivity index (χ0n) is 27.4. The molecule has 2 aliphatic heterocycles. The first-order chi connectivity index (χ1) is 22.4. The number of aliphatic hydroxyl groups excluding tert-OH is 2. The molecular formula is C28H35NO20. The van der Waals surface area contributed by atoms with Gasteiger partial charge in [0.15, 0.2) is 29.7 Å². The van der Waals surface area contributed by atoms with Crippen LogP contribution in [-0.2, 0) is 76.3 Å². The summed E-state index contributed by atoms with van der Waals surface area (Å²) in [5.41, 5.74) is -16.4. The number of nitrogens with zero attached hydrogens (tertiary/aromatic N) is 1. The summed E-state index contributed by atoms with van der Waals surface area (Å²) in [6, 6.07) is 0. The normalized spacial score (nSPS) is 37.0. The number of esters is 4. The predicted octanol–water partition coefficient (Wildman–Crippen LogP) is -3.66. The fraction of sp³-hybridized carbons (Fsp3) is 0.679. The second-order valence-corrected chi connectivity index (χ2v) is 11.0. The van der Waals surface area contributed by atoms with Gasteiger partial charge in [0, 0.05) is 34.6 Å². The molecular weight excluding hydrogens is 670 g/mol. The van der Waals surface area contributed by atoms with Crippen LogP contribution >= 0.6 is 0 Å². The SMILES string of the molecule is CC(=O)O[C@@H]1O[C@@H](O[C@@]2(C(C)=O)[C@](O)(C(C)=O)[C@@](O)(C(C)=O)[C@@](OC(C)=O)(C(C)=O)O[C@@]2(CO)N=C=O)[C@H](O)[C@H](OC(C)=O)[C@@H]1OC(C)=O. The van der Waals surface area contributed by atoms with E-state index in [-0.39, 0.29) is 0 Å². The summed E-state index contributed by atoms with van der Waals surface area (Å²) in [6.45, 7) is 3.07. The monoisotopic (exact) mass is 705 g/mol. The Morgan fingerprint density at radius 3 is 1.55 bits per heavy atom. The van der Waals surface area contributed by atoms with Crippen molar-refractivity contribution >= 4 is 53.1 Å². The summed E-state index contributed by atoms with van der Waals surface area (Å²) in [5.74, 6) is -16.0. The van der Waals surface area contributed by atoms with Crippen LogP contribution < -0.4 is 0 Å². The van der Waals surface area contributed by atoms with Gasteiger partial charge < -0.3 is 48.8 Å². The minimum absolute atomic E-state index is 0.421. The number of carbonyl (C=O) groups excluding carboxylic acids is 9. The highest BCUT2D eigenvalue weighted by atomic mass is 16.8. The molecule has 2 heterocycles. The second kappa shape index (κ2) is 14.3. The van der Waals surface area contributed by atoms with Crippen LogP contribution in [0.25, 0.3) is 0 Å². The van der Waals surface area contributed by atoms with E-state index in [4.69, 9.17) is 33.2 Å². The maximum Gasteiger partial charge on any atom is 0.315 e. The zero-order valence-corrected chi connectivity index (χ0v) is 27.4. The Labute approximate surface area is 276 Å². The molecule has 272 valence electrons. The van der Waals surface area contributed by atoms with Crippen LogP contribution in [0.5, 0.6) is 0 Å². The van der Waals surface area contributed by atoms with Crippen molar-refractivity contribution < 1.29 is 96.7 Å². The molecule has 0 aliphatic carbocycles. The van der Waals surface area contributed by atoms with Gasteiger partial charge in [0.25, 0.3) is 0 Å². The molecule has 0 aromatic carbocycles. The van der Waals surface area contributed by atoms with Crippen molar-refractivity contribution in [3.05, 3.63) is 0 Å². The lowest BCUT2D eigenvalue weighted by Gasteiger charge is -2.64. The number of rotatable bonds is 12. The van der Waals surface area contributed by atoms with Crippen molar-refractivity contribution in [2.24, 2.45) is 4.99 Å². The Morgan fingerprint density at radius 2 is 1.18 bits per heavy atom. The van der Waals surface area contributed by atoms with Gasteiger partial charge in [-0.2, -0.15) is 4.99 Å². The first-order valence-electron chi connectivity index (χ1n) is 14.0. The number of hydrogen-bond acceptors (Lipinski definition) is 21. The highest BCUT2D eigenvalue weighted by Gasteiger charge is 2.91. The fourth-order valence-corrected chi connectivity index (χ4v) is 5.96. The molecule has 2 fully saturated rings. The number of ether oxygens (including phenoxy) is 7. The van der Waals surface area contributed by atoms with E-state index in [0.717, 1.165) is 26.9 Å². The molecule has 2 rings (SSSR count). The Kier molecular flexibility index (Phi) is 11.9. The summed E-state index contributed by atoms with van der Waals surface area (Å²) in [6.07, 6.45) is -10.7. The number of aliphatic hydroxyl groups is 4. The van der Waals surface area contributed by atoms with Gasteiger partial charge in [-0.05, 0) is 20.8 Å². The van der Waals surface area contributed by atoms with Gasteiger partial charge in [-0.25, -0.2) is 4.79 Å². The molecule has 0 saturated carbocycles. The number of isocyanates is 1. The highest BCUT2D eigenvalue weighted by molar-refractivity contribution is 6.10. The molecule has 0 unspecified atom stereocenters. The second-order valence-electron chi connectivity index (χ2n) is 11.0. The Balaban J connectivity index is 3.21. The lowest BCUT2D eigenvalue weighted by Crippen LogP contribution is -2.94. The number of aliphatic imine (C=N–C) groups is 1. The first-order valence-corrected chi connectivity index (χ1v) is 14.0. The summed E-state index contributed by atoms with van der Waals surface area (Å²) in [5, 5.41) is 46.7. The molecule has 2 aliphatic rings. The summed E-state index contributed by atoms with van der Waals surface area (Å²) < 4.78 is 36.6. The van der Waals surface area contributed by atoms with E-state index in [0.29, 0.717) is 34.6 Å². The van der Waals surface area contributed by atoms with Crippen LogP contribution in [-0.4, -0.2) is 139 Å². The molecule has 2 saturated heterocycles. The van der Waals surface area contributed by atoms with Gasteiger partial charge in [0.05, 0.1) is 6.61 Å². The molecule has 4 N–H and O–H groups in total. The van der Waals surface area contributed by atoms with Gasteiger partial charge in [-0.1, -0.05) is 0 Å². The first kappa shape index (κ1) is 40.8. The quantitative estimate of drug-likeness (QED) is 0.0658. The number of Topliss-reactive ketones (excluding diaryl/α,β-unsaturated/α-hetero) is 4. The van der Waals surface area contributed by atoms with Crippen LogP contribution in [0.2, 0.25) is 0 Å². The largest absolute Gasteiger partial charge is 0.455 e. The minimum atomic E-state index is -4.34. The van der Waals surface area contributed by atoms with Gasteiger partial charge >= 0.3 is 29.7 Å². The smallest absolute Gasteiger partial charge is 0.315 e. The third kappa shape index (κ3) is 6.19. The Bertz CT molecular complexity index is 1490. The van der Waals surface area contributed by atoms with Crippen LogP contribution in [0.1, 0.15) is 55.4 Å². The van der Waals surface area contributed by atoms with Gasteiger partial charge in [-0.15, -0.1) is 0 Å². The summed E-state index contributed by atoms with van der Waals surface area (Å²) in [4.78, 5) is 118. The highest BCUT2D eigenvalue weighted by Crippen LogP contribution is 2.58. The molecule has 0 amide bonds. The van der Waals surface area contributed by atoms with Crippen molar-refractivity contribution in [3.63, 3.8) is 0 Å². The molecule has 0 radical (unpaired) electrons. The number of hydrogen-bond donors (Lipinski definition) is 4. The van der Waals surface area contributed by atoms with E-state index in [1.165, 1.54) is 0 Å². The third-order valence-electron chi connectivity index (χ3n) is 7.73. The van der Waals surface area contributed by atoms with Crippen LogP contribution in [0.15, 0.2) is 4.99 Å². The van der Waals surface area contributed by atoms with E-state index >= 15 is 0 Å². The lowest BCUT2D eigenvalue weighted by molar-refractivity contribution is -0.449. The molecule has 0 aromatic heterocycles. The van der Waals surface area contributed by atoms with Gasteiger partial charge in [0.2, 0.25) is 46.8 Å². The van der Waals surface area contributed by atoms with E-state index in [1.54, 1.807) is 0 Å². The van der Waals surface area contributed by atoms with Crippen LogP contribution in [0, 0.1) is 0 Å². The lowest BCUT2D eigenvalue weighted by atomic mass is 9.55. The minimum Gasteiger partial charge on any atom is -0.455 e. The number of carbonyl (C=O) groups is 8. The maximum atomic E-state index is 13.9. The van der Waals surface area contributed by atoms with Crippen molar-refractivity contribution in [2.75, 3.05) is 6.61 Å². The molecule has 10 atom stereocenters. The van der Waals surface area contributed by atoms with E-state index in [2.05, 4.69) is 4.99 Å². The van der Waals surface area contributed by atoms with Gasteiger partial charge in [-0.3, -0.25) is 43.1 Å². The third-order valence-corrected chi connectivity index (χ3v) is 7.73. The van der Waals surface area contributed by atoms with Crippen molar-refractivity contribution in [1.82, 2.24) is 0 Å². The summed E-state index contributed by atoms with van der Waals surface area (Å²) in [7, 11) is 0. The summed E-state index contributed by atoms with van der Waals surface area (Å²) >= 11 is 0. The van der Waals surface area contributed by atoms with Gasteiger partial charge in [0.1, 0.15) is 6.10 Å². The average molecular weight is 706 g/mol. The van der Waals surface area contributed by atoms with Crippen LogP contribution in [0.3, 0.4) is 0 Å². The molecule has 21 nitrogen and oxygen atoms in total. The fourth-order valence-electron chi connectivity index (χ4n) is 5.96. The average Bonchev–Trinajstić information content (AvgIpc) is 2.96. The Morgan fingerprint density at radius 1 is 0.694 bits per heavy atom. The number of ketones is 4. The molecule has 0 spiro atoms. The van der Waals surface area contributed by atoms with Crippen molar-refractivity contribution in [2.45, 2.75) is 115 Å².